The Kier molecular flexibility index (Phi) is 2.82. The fourth-order valence-electron chi connectivity index (χ4n) is 1.37. The van der Waals surface area contributed by atoms with Crippen LogP contribution in [-0.4, -0.2) is 15.0 Å². The quantitative estimate of drug-likeness (QED) is 0.799. The van der Waals surface area contributed by atoms with Gasteiger partial charge in [0.05, 0.1) is 0 Å². The molecule has 0 amide bonds. The molecule has 0 spiro atoms. The average molecular weight is 262 g/mol. The predicted octanol–water partition coefficient (Wildman–Crippen LogP) is 3.45. The first-order valence-corrected chi connectivity index (χ1v) is 5.01. The molecular formula is C10H7ClF3N3. The number of halogens is 4. The number of alkyl halides is 3. The lowest BCUT2D eigenvalue weighted by Gasteiger charge is -2.02. The van der Waals surface area contributed by atoms with Crippen molar-refractivity contribution >= 4 is 11.6 Å². The Morgan fingerprint density at radius 1 is 1.35 bits per heavy atom. The average Bonchev–Trinajstić information content (AvgIpc) is 2.65. The minimum atomic E-state index is -4.46. The molecule has 1 N–H and O–H groups in total. The molecule has 0 saturated carbocycles. The normalized spacial score (nSPS) is 11.8. The van der Waals surface area contributed by atoms with Gasteiger partial charge >= 0.3 is 6.18 Å². The van der Waals surface area contributed by atoms with Crippen molar-refractivity contribution in [3.05, 3.63) is 34.9 Å². The van der Waals surface area contributed by atoms with Gasteiger partial charge in [0.25, 0.3) is 0 Å². The molecule has 7 heteroatoms. The van der Waals surface area contributed by atoms with Crippen molar-refractivity contribution in [1.29, 1.82) is 0 Å². The van der Waals surface area contributed by atoms with Crippen LogP contribution in [0.2, 0.25) is 5.15 Å². The van der Waals surface area contributed by atoms with Crippen molar-refractivity contribution in [3.8, 4) is 11.4 Å². The van der Waals surface area contributed by atoms with E-state index in [-0.39, 0.29) is 11.0 Å². The van der Waals surface area contributed by atoms with Gasteiger partial charge in [0.15, 0.2) is 5.69 Å². The number of aromatic amines is 1. The van der Waals surface area contributed by atoms with Gasteiger partial charge in [-0.15, -0.1) is 0 Å². The molecule has 0 saturated heterocycles. The number of nitrogens with one attached hydrogen (secondary N) is 1. The molecule has 0 aliphatic carbocycles. The van der Waals surface area contributed by atoms with Crippen molar-refractivity contribution in [2.45, 2.75) is 13.1 Å². The van der Waals surface area contributed by atoms with E-state index in [9.17, 15) is 13.2 Å². The number of nitrogens with zero attached hydrogens (tertiary/aromatic N) is 2. The van der Waals surface area contributed by atoms with Gasteiger partial charge in [-0.05, 0) is 18.6 Å². The molecule has 0 radical (unpaired) electrons. The summed E-state index contributed by atoms with van der Waals surface area (Å²) in [6.07, 6.45) is -2.25. The highest BCUT2D eigenvalue weighted by Crippen LogP contribution is 2.30. The van der Waals surface area contributed by atoms with Crippen molar-refractivity contribution in [3.63, 3.8) is 0 Å². The van der Waals surface area contributed by atoms with Crippen molar-refractivity contribution in [1.82, 2.24) is 15.0 Å². The molecule has 3 nitrogen and oxygen atoms in total. The van der Waals surface area contributed by atoms with Crippen molar-refractivity contribution in [2.24, 2.45) is 0 Å². The number of imidazole rings is 1. The summed E-state index contributed by atoms with van der Waals surface area (Å²) < 4.78 is 37.1. The maximum atomic E-state index is 12.4. The fourth-order valence-corrected chi connectivity index (χ4v) is 1.59. The first-order valence-electron chi connectivity index (χ1n) is 4.63. The van der Waals surface area contributed by atoms with Gasteiger partial charge in [-0.25, -0.2) is 9.97 Å². The topological polar surface area (TPSA) is 41.6 Å². The lowest BCUT2D eigenvalue weighted by Crippen LogP contribution is -2.04. The molecule has 2 aromatic rings. The van der Waals surface area contributed by atoms with Gasteiger partial charge in [-0.1, -0.05) is 11.6 Å². The highest BCUT2D eigenvalue weighted by atomic mass is 35.5. The van der Waals surface area contributed by atoms with Crippen LogP contribution in [0.25, 0.3) is 11.4 Å². The van der Waals surface area contributed by atoms with E-state index in [1.54, 1.807) is 13.0 Å². The molecule has 0 fully saturated rings. The third-order valence-corrected chi connectivity index (χ3v) is 2.41. The molecule has 0 aliphatic rings. The standard InChI is InChI=1S/C10H7ClF3N3/c1-5-2-8(11)15-3-6(5)9-16-4-7(17-9)10(12,13)14/h2-4H,1H3,(H,16,17). The smallest absolute Gasteiger partial charge is 0.344 e. The lowest BCUT2D eigenvalue weighted by molar-refractivity contribution is -0.140. The zero-order chi connectivity index (χ0) is 12.6. The van der Waals surface area contributed by atoms with Crippen LogP contribution >= 0.6 is 11.6 Å². The third-order valence-electron chi connectivity index (χ3n) is 2.20. The van der Waals surface area contributed by atoms with E-state index in [4.69, 9.17) is 11.6 Å². The molecule has 90 valence electrons. The molecule has 2 aromatic heterocycles. The molecule has 0 aliphatic heterocycles. The van der Waals surface area contributed by atoms with Crippen LogP contribution in [0.3, 0.4) is 0 Å². The number of aryl methyl sites for hydroxylation is 1. The molecule has 0 atom stereocenters. The monoisotopic (exact) mass is 261 g/mol. The molecule has 0 aromatic carbocycles. The van der Waals surface area contributed by atoms with Gasteiger partial charge in [0, 0.05) is 18.0 Å². The summed E-state index contributed by atoms with van der Waals surface area (Å²) in [5.41, 5.74) is 0.236. The largest absolute Gasteiger partial charge is 0.434 e. The number of hydrogen-bond donors (Lipinski definition) is 1. The molecule has 2 heterocycles. The van der Waals surface area contributed by atoms with Crippen LogP contribution in [0, 0.1) is 6.92 Å². The van der Waals surface area contributed by atoms with Crippen LogP contribution < -0.4 is 0 Å². The Labute approximate surface area is 99.7 Å². The Morgan fingerprint density at radius 2 is 2.06 bits per heavy atom. The molecule has 2 rings (SSSR count). The minimum absolute atomic E-state index is 0.124. The highest BCUT2D eigenvalue weighted by molar-refractivity contribution is 6.29. The van der Waals surface area contributed by atoms with Gasteiger partial charge in [-0.3, -0.25) is 0 Å². The summed E-state index contributed by atoms with van der Waals surface area (Å²) in [5.74, 6) is 0.124. The van der Waals surface area contributed by atoms with Gasteiger partial charge in [0.2, 0.25) is 0 Å². The van der Waals surface area contributed by atoms with E-state index in [2.05, 4.69) is 15.0 Å². The maximum Gasteiger partial charge on any atom is 0.434 e. The van der Waals surface area contributed by atoms with E-state index in [0.29, 0.717) is 11.1 Å². The summed E-state index contributed by atoms with van der Waals surface area (Å²) in [6, 6.07) is 1.56. The Hall–Kier alpha value is -1.56. The first-order chi connectivity index (χ1) is 7.88. The number of aromatic nitrogens is 3. The number of H-pyrrole nitrogens is 1. The highest BCUT2D eigenvalue weighted by Gasteiger charge is 2.33. The Bertz CT molecular complexity index is 548. The SMILES string of the molecule is Cc1cc(Cl)ncc1-c1nc(C(F)(F)F)c[nH]1. The lowest BCUT2D eigenvalue weighted by atomic mass is 10.1. The number of pyridine rings is 1. The van der Waals surface area contributed by atoms with Crippen LogP contribution in [0.4, 0.5) is 13.2 Å². The first kappa shape index (κ1) is 11.9. The Balaban J connectivity index is 2.44. The van der Waals surface area contributed by atoms with Gasteiger partial charge in [-0.2, -0.15) is 13.2 Å². The molecule has 0 bridgehead atoms. The second-order valence-electron chi connectivity index (χ2n) is 3.45. The summed E-state index contributed by atoms with van der Waals surface area (Å²) in [7, 11) is 0. The fraction of sp³-hybridized carbons (Fsp3) is 0.200. The van der Waals surface area contributed by atoms with Crippen LogP contribution in [0.1, 0.15) is 11.3 Å². The molecular weight excluding hydrogens is 255 g/mol. The van der Waals surface area contributed by atoms with E-state index < -0.39 is 11.9 Å². The molecule has 17 heavy (non-hydrogen) atoms. The maximum absolute atomic E-state index is 12.4. The van der Waals surface area contributed by atoms with Crippen LogP contribution in [0.5, 0.6) is 0 Å². The van der Waals surface area contributed by atoms with Crippen molar-refractivity contribution in [2.75, 3.05) is 0 Å². The second kappa shape index (κ2) is 4.03. The number of hydrogen-bond acceptors (Lipinski definition) is 2. The Morgan fingerprint density at radius 3 is 2.59 bits per heavy atom. The predicted molar refractivity (Wildman–Crippen MR) is 56.6 cm³/mol. The van der Waals surface area contributed by atoms with Crippen molar-refractivity contribution < 1.29 is 13.2 Å². The zero-order valence-electron chi connectivity index (χ0n) is 8.64. The van der Waals surface area contributed by atoms with Gasteiger partial charge in [0.1, 0.15) is 11.0 Å². The minimum Gasteiger partial charge on any atom is -0.344 e. The van der Waals surface area contributed by atoms with E-state index >= 15 is 0 Å². The van der Waals surface area contributed by atoms with E-state index in [1.165, 1.54) is 6.20 Å². The van der Waals surface area contributed by atoms with Gasteiger partial charge < -0.3 is 4.98 Å². The summed E-state index contributed by atoms with van der Waals surface area (Å²) in [5, 5.41) is 0.286. The zero-order valence-corrected chi connectivity index (χ0v) is 9.39. The number of rotatable bonds is 1. The summed E-state index contributed by atoms with van der Waals surface area (Å²) in [4.78, 5) is 9.77. The summed E-state index contributed by atoms with van der Waals surface area (Å²) >= 11 is 5.66. The van der Waals surface area contributed by atoms with Crippen LogP contribution in [-0.2, 0) is 6.18 Å². The third kappa shape index (κ3) is 2.41. The van der Waals surface area contributed by atoms with E-state index in [0.717, 1.165) is 6.20 Å². The van der Waals surface area contributed by atoms with E-state index in [1.807, 2.05) is 0 Å². The molecule has 0 unspecified atom stereocenters. The van der Waals surface area contributed by atoms with Crippen LogP contribution in [0.15, 0.2) is 18.5 Å². The second-order valence-corrected chi connectivity index (χ2v) is 3.84. The summed E-state index contributed by atoms with van der Waals surface area (Å²) in [6.45, 7) is 1.72.